The van der Waals surface area contributed by atoms with Gasteiger partial charge in [-0.2, -0.15) is 0 Å². The predicted molar refractivity (Wildman–Crippen MR) is 70.7 cm³/mol. The number of imide groups is 1. The number of hydrogen-bond donors (Lipinski definition) is 2. The van der Waals surface area contributed by atoms with E-state index >= 15 is 0 Å². The van der Waals surface area contributed by atoms with Crippen LogP contribution in [0.5, 0.6) is 0 Å². The molecular weight excluding hydrogens is 262 g/mol. The molecule has 0 aliphatic carbocycles. The summed E-state index contributed by atoms with van der Waals surface area (Å²) in [7, 11) is 1.51. The molecule has 7 heteroatoms. The molecule has 4 amide bonds. The van der Waals surface area contributed by atoms with Crippen LogP contribution in [0.1, 0.15) is 5.56 Å². The second kappa shape index (κ2) is 5.70. The third-order valence-corrected chi connectivity index (χ3v) is 2.95. The summed E-state index contributed by atoms with van der Waals surface area (Å²) in [6, 6.07) is 6.16. The summed E-state index contributed by atoms with van der Waals surface area (Å²) in [6.45, 7) is -0.377. The summed E-state index contributed by atoms with van der Waals surface area (Å²) < 4.78 is 0. The van der Waals surface area contributed by atoms with E-state index in [4.69, 9.17) is 5.11 Å². The van der Waals surface area contributed by atoms with E-state index in [0.717, 1.165) is 10.5 Å². The number of rotatable bonds is 4. The first-order valence-electron chi connectivity index (χ1n) is 6.06. The fourth-order valence-corrected chi connectivity index (χ4v) is 1.86. The summed E-state index contributed by atoms with van der Waals surface area (Å²) in [4.78, 5) is 37.1. The van der Waals surface area contributed by atoms with Crippen molar-refractivity contribution in [1.29, 1.82) is 0 Å². The third-order valence-electron chi connectivity index (χ3n) is 2.95. The topological polar surface area (TPSA) is 90.0 Å². The highest BCUT2D eigenvalue weighted by Gasteiger charge is 2.34. The Bertz CT molecular complexity index is 541. The van der Waals surface area contributed by atoms with Crippen molar-refractivity contribution >= 4 is 23.5 Å². The van der Waals surface area contributed by atoms with Gasteiger partial charge in [0.05, 0.1) is 6.61 Å². The number of carbonyl (C=O) groups excluding carboxylic acids is 3. The number of amides is 4. The van der Waals surface area contributed by atoms with Crippen LogP contribution in [0.15, 0.2) is 24.3 Å². The molecule has 0 spiro atoms. The van der Waals surface area contributed by atoms with Gasteiger partial charge in [-0.3, -0.25) is 14.5 Å². The van der Waals surface area contributed by atoms with E-state index < -0.39 is 11.9 Å². The standard InChI is InChI=1S/C13H15N3O4/c1-15-7-12(19)16(13(15)20)6-11(18)14-10-4-2-9(8-17)3-5-10/h2-5,17H,6-8H2,1H3,(H,14,18). The molecule has 0 aromatic heterocycles. The fourth-order valence-electron chi connectivity index (χ4n) is 1.86. The van der Waals surface area contributed by atoms with Crippen LogP contribution in [0.2, 0.25) is 0 Å². The number of urea groups is 1. The van der Waals surface area contributed by atoms with Crippen molar-refractivity contribution in [2.24, 2.45) is 0 Å². The lowest BCUT2D eigenvalue weighted by atomic mass is 10.2. The maximum absolute atomic E-state index is 11.8. The Morgan fingerprint density at radius 1 is 1.30 bits per heavy atom. The molecule has 1 saturated heterocycles. The van der Waals surface area contributed by atoms with Crippen LogP contribution >= 0.6 is 0 Å². The van der Waals surface area contributed by atoms with Gasteiger partial charge in [0.1, 0.15) is 13.1 Å². The number of nitrogens with zero attached hydrogens (tertiary/aromatic N) is 2. The van der Waals surface area contributed by atoms with Gasteiger partial charge in [-0.25, -0.2) is 4.79 Å². The summed E-state index contributed by atoms with van der Waals surface area (Å²) in [5.74, 6) is -0.831. The number of aliphatic hydroxyl groups is 1. The lowest BCUT2D eigenvalue weighted by Gasteiger charge is -2.13. The number of anilines is 1. The zero-order valence-electron chi connectivity index (χ0n) is 11.0. The molecule has 0 unspecified atom stereocenters. The first kappa shape index (κ1) is 14.0. The average molecular weight is 277 g/mol. The van der Waals surface area contributed by atoms with E-state index in [0.29, 0.717) is 5.69 Å². The molecule has 1 aromatic carbocycles. The van der Waals surface area contributed by atoms with E-state index in [1.165, 1.54) is 11.9 Å². The largest absolute Gasteiger partial charge is 0.392 e. The Labute approximate surface area is 115 Å². The minimum Gasteiger partial charge on any atom is -0.392 e. The lowest BCUT2D eigenvalue weighted by molar-refractivity contribution is -0.129. The predicted octanol–water partition coefficient (Wildman–Crippen LogP) is 0.0114. The van der Waals surface area contributed by atoms with E-state index in [-0.39, 0.29) is 25.6 Å². The molecule has 20 heavy (non-hydrogen) atoms. The first-order chi connectivity index (χ1) is 9.51. The maximum atomic E-state index is 11.8. The number of benzene rings is 1. The highest BCUT2D eigenvalue weighted by Crippen LogP contribution is 2.11. The summed E-state index contributed by atoms with van der Waals surface area (Å²) in [5, 5.41) is 11.5. The van der Waals surface area contributed by atoms with Crippen LogP contribution in [0.4, 0.5) is 10.5 Å². The van der Waals surface area contributed by atoms with Gasteiger partial charge >= 0.3 is 6.03 Å². The number of carbonyl (C=O) groups is 3. The first-order valence-corrected chi connectivity index (χ1v) is 6.06. The van der Waals surface area contributed by atoms with Crippen LogP contribution < -0.4 is 5.32 Å². The summed E-state index contributed by atoms with van der Waals surface area (Å²) in [6.07, 6.45) is 0. The molecule has 0 saturated carbocycles. The second-order valence-electron chi connectivity index (χ2n) is 4.52. The third kappa shape index (κ3) is 2.94. The van der Waals surface area contributed by atoms with Gasteiger partial charge in [0, 0.05) is 12.7 Å². The number of likely N-dealkylation sites (N-methyl/N-ethyl adjacent to an activating group) is 1. The smallest absolute Gasteiger partial charge is 0.327 e. The number of hydrogen-bond acceptors (Lipinski definition) is 4. The molecule has 2 rings (SSSR count). The minimum atomic E-state index is -0.472. The summed E-state index contributed by atoms with van der Waals surface area (Å²) in [5.41, 5.74) is 1.27. The van der Waals surface area contributed by atoms with Crippen LogP contribution in [-0.2, 0) is 16.2 Å². The van der Waals surface area contributed by atoms with E-state index in [2.05, 4.69) is 5.32 Å². The Kier molecular flexibility index (Phi) is 3.99. The number of nitrogens with one attached hydrogen (secondary N) is 1. The monoisotopic (exact) mass is 277 g/mol. The van der Waals surface area contributed by atoms with Crippen molar-refractivity contribution in [3.8, 4) is 0 Å². The Morgan fingerprint density at radius 2 is 1.95 bits per heavy atom. The van der Waals surface area contributed by atoms with Crippen molar-refractivity contribution in [2.45, 2.75) is 6.61 Å². The molecule has 1 aliphatic rings. The van der Waals surface area contributed by atoms with Crippen LogP contribution in [0, 0.1) is 0 Å². The molecule has 2 N–H and O–H groups in total. The molecule has 0 bridgehead atoms. The molecule has 7 nitrogen and oxygen atoms in total. The van der Waals surface area contributed by atoms with Crippen LogP contribution in [-0.4, -0.2) is 52.9 Å². The quantitative estimate of drug-likeness (QED) is 0.759. The molecule has 106 valence electrons. The molecule has 1 aliphatic heterocycles. The molecule has 1 heterocycles. The Morgan fingerprint density at radius 3 is 2.45 bits per heavy atom. The Balaban J connectivity index is 1.95. The van der Waals surface area contributed by atoms with Crippen molar-refractivity contribution in [2.75, 3.05) is 25.5 Å². The van der Waals surface area contributed by atoms with Crippen LogP contribution in [0.25, 0.3) is 0 Å². The molecule has 1 fully saturated rings. The fraction of sp³-hybridized carbons (Fsp3) is 0.308. The van der Waals surface area contributed by atoms with Gasteiger partial charge in [0.2, 0.25) is 5.91 Å². The average Bonchev–Trinajstić information content (AvgIpc) is 2.66. The van der Waals surface area contributed by atoms with E-state index in [1.807, 2.05) is 0 Å². The van der Waals surface area contributed by atoms with Crippen molar-refractivity contribution < 1.29 is 19.5 Å². The molecule has 0 radical (unpaired) electrons. The van der Waals surface area contributed by atoms with Crippen molar-refractivity contribution in [3.05, 3.63) is 29.8 Å². The SMILES string of the molecule is CN1CC(=O)N(CC(=O)Nc2ccc(CO)cc2)C1=O. The lowest BCUT2D eigenvalue weighted by Crippen LogP contribution is -2.38. The number of aliphatic hydroxyl groups excluding tert-OH is 1. The zero-order chi connectivity index (χ0) is 14.7. The van der Waals surface area contributed by atoms with Gasteiger partial charge in [-0.05, 0) is 17.7 Å². The van der Waals surface area contributed by atoms with E-state index in [1.54, 1.807) is 24.3 Å². The molecule has 1 aromatic rings. The van der Waals surface area contributed by atoms with Gasteiger partial charge < -0.3 is 15.3 Å². The minimum absolute atomic E-state index is 0.00267. The van der Waals surface area contributed by atoms with Crippen LogP contribution in [0.3, 0.4) is 0 Å². The second-order valence-corrected chi connectivity index (χ2v) is 4.52. The molecular formula is C13H15N3O4. The highest BCUT2D eigenvalue weighted by molar-refractivity contribution is 6.06. The van der Waals surface area contributed by atoms with Gasteiger partial charge in [-0.1, -0.05) is 12.1 Å². The van der Waals surface area contributed by atoms with Gasteiger partial charge in [-0.15, -0.1) is 0 Å². The molecule has 0 atom stereocenters. The Hall–Kier alpha value is -2.41. The normalized spacial score (nSPS) is 14.9. The van der Waals surface area contributed by atoms with Gasteiger partial charge in [0.15, 0.2) is 0 Å². The van der Waals surface area contributed by atoms with Crippen molar-refractivity contribution in [1.82, 2.24) is 9.80 Å². The zero-order valence-corrected chi connectivity index (χ0v) is 11.0. The highest BCUT2D eigenvalue weighted by atomic mass is 16.3. The maximum Gasteiger partial charge on any atom is 0.327 e. The summed E-state index contributed by atoms with van der Waals surface area (Å²) >= 11 is 0. The van der Waals surface area contributed by atoms with Gasteiger partial charge in [0.25, 0.3) is 5.91 Å². The van der Waals surface area contributed by atoms with Crippen molar-refractivity contribution in [3.63, 3.8) is 0 Å². The van der Waals surface area contributed by atoms with E-state index in [9.17, 15) is 14.4 Å².